The molecule has 0 aromatic carbocycles. The van der Waals surface area contributed by atoms with Crippen LogP contribution in [0.25, 0.3) is 0 Å². The van der Waals surface area contributed by atoms with Gasteiger partial charge in [-0.05, 0) is 25.8 Å². The maximum atomic E-state index is 9.92. The number of hydrogen-bond donors (Lipinski definition) is 1. The van der Waals surface area contributed by atoms with Crippen LogP contribution in [0, 0.1) is 0 Å². The highest BCUT2D eigenvalue weighted by Gasteiger charge is 1.88. The van der Waals surface area contributed by atoms with Gasteiger partial charge in [0.2, 0.25) is 0 Å². The Labute approximate surface area is 120 Å². The number of carbonyl (C=O) groups excluding carboxylic acids is 1. The average molecular weight is 272 g/mol. The predicted octanol–water partition coefficient (Wildman–Crippen LogP) is 3.40. The molecular weight excluding hydrogens is 238 g/mol. The molecule has 0 aliphatic carbocycles. The summed E-state index contributed by atoms with van der Waals surface area (Å²) in [5.41, 5.74) is 5.34. The summed E-state index contributed by atoms with van der Waals surface area (Å²) < 4.78 is 0. The van der Waals surface area contributed by atoms with Crippen molar-refractivity contribution in [2.75, 3.05) is 6.54 Å². The summed E-state index contributed by atoms with van der Waals surface area (Å²) in [6.07, 6.45) is 13.7. The van der Waals surface area contributed by atoms with Gasteiger partial charge in [-0.15, -0.1) is 0 Å². The maximum absolute atomic E-state index is 9.92. The van der Waals surface area contributed by atoms with Gasteiger partial charge in [-0.2, -0.15) is 0 Å². The van der Waals surface area contributed by atoms with Gasteiger partial charge in [-0.25, -0.2) is 0 Å². The van der Waals surface area contributed by atoms with Crippen LogP contribution in [0.2, 0.25) is 0 Å². The lowest BCUT2D eigenvalue weighted by Crippen LogP contribution is -2.21. The van der Waals surface area contributed by atoms with Crippen molar-refractivity contribution < 1.29 is 9.90 Å². The van der Waals surface area contributed by atoms with Crippen LogP contribution < -0.4 is 10.8 Å². The van der Waals surface area contributed by atoms with Crippen LogP contribution in [0.4, 0.5) is 0 Å². The molecule has 0 fully saturated rings. The van der Waals surface area contributed by atoms with E-state index in [1.807, 2.05) is 0 Å². The minimum Gasteiger partial charge on any atom is -0.550 e. The Morgan fingerprint density at radius 1 is 0.789 bits per heavy atom. The Kier molecular flexibility index (Phi) is 21.6. The monoisotopic (exact) mass is 272 g/mol. The molecule has 0 heterocycles. The van der Waals surface area contributed by atoms with Crippen molar-refractivity contribution in [1.29, 1.82) is 0 Å². The highest BCUT2D eigenvalue weighted by molar-refractivity contribution is 5.63. The van der Waals surface area contributed by atoms with Crippen molar-refractivity contribution in [2.24, 2.45) is 5.73 Å². The number of hydrogen-bond acceptors (Lipinski definition) is 3. The van der Waals surface area contributed by atoms with Gasteiger partial charge < -0.3 is 15.6 Å². The van der Waals surface area contributed by atoms with Crippen LogP contribution in [0.3, 0.4) is 0 Å². The van der Waals surface area contributed by atoms with Crippen molar-refractivity contribution in [3.05, 3.63) is 0 Å². The van der Waals surface area contributed by atoms with Crippen LogP contribution in [0.1, 0.15) is 90.9 Å². The molecule has 3 heteroatoms. The fourth-order valence-corrected chi connectivity index (χ4v) is 1.80. The summed E-state index contributed by atoms with van der Waals surface area (Å²) in [7, 11) is 0. The molecule has 0 atom stereocenters. The van der Waals surface area contributed by atoms with Gasteiger partial charge in [-0.3, -0.25) is 0 Å². The Bertz CT molecular complexity index is 166. The SMILES string of the molecule is CCCCCCCC(=O)[O-].CCCCCCCCN. The molecule has 0 amide bonds. The van der Waals surface area contributed by atoms with Crippen LogP contribution >= 0.6 is 0 Å². The molecule has 0 bridgehead atoms. The number of rotatable bonds is 12. The van der Waals surface area contributed by atoms with Gasteiger partial charge in [0, 0.05) is 5.97 Å². The molecule has 0 aliphatic rings. The van der Waals surface area contributed by atoms with E-state index in [0.29, 0.717) is 0 Å². The highest BCUT2D eigenvalue weighted by Crippen LogP contribution is 2.04. The van der Waals surface area contributed by atoms with E-state index in [1.54, 1.807) is 0 Å². The van der Waals surface area contributed by atoms with Crippen LogP contribution in [0.5, 0.6) is 0 Å². The molecule has 19 heavy (non-hydrogen) atoms. The van der Waals surface area contributed by atoms with E-state index in [0.717, 1.165) is 25.8 Å². The second-order valence-electron chi connectivity index (χ2n) is 5.09. The molecule has 0 rings (SSSR count). The first-order valence-electron chi connectivity index (χ1n) is 8.08. The summed E-state index contributed by atoms with van der Waals surface area (Å²) in [5, 5.41) is 9.92. The second-order valence-corrected chi connectivity index (χ2v) is 5.09. The first-order valence-corrected chi connectivity index (χ1v) is 8.08. The summed E-state index contributed by atoms with van der Waals surface area (Å²) >= 11 is 0. The molecule has 0 spiro atoms. The standard InChI is InChI=1S/C8H19N.C8H16O2/c1-2-3-4-5-6-7-8-9;1-2-3-4-5-6-7-8(9)10/h2-9H2,1H3;2-7H2,1H3,(H,9,10)/p-1. The number of aliphatic carboxylic acids is 1. The van der Waals surface area contributed by atoms with Gasteiger partial charge in [0.05, 0.1) is 0 Å². The van der Waals surface area contributed by atoms with E-state index < -0.39 is 5.97 Å². The van der Waals surface area contributed by atoms with Crippen molar-refractivity contribution >= 4 is 5.97 Å². The van der Waals surface area contributed by atoms with Gasteiger partial charge in [0.1, 0.15) is 0 Å². The predicted molar refractivity (Wildman–Crippen MR) is 80.8 cm³/mol. The summed E-state index contributed by atoms with van der Waals surface area (Å²) in [6.45, 7) is 5.24. The van der Waals surface area contributed by atoms with Crippen LogP contribution in [-0.4, -0.2) is 12.5 Å². The average Bonchev–Trinajstić information content (AvgIpc) is 2.39. The number of carboxylic acid groups (broad SMARTS) is 1. The molecule has 0 aromatic rings. The van der Waals surface area contributed by atoms with Gasteiger partial charge >= 0.3 is 0 Å². The minimum atomic E-state index is -0.920. The quantitative estimate of drug-likeness (QED) is 0.554. The third kappa shape index (κ3) is 26.9. The Balaban J connectivity index is 0. The number of carboxylic acids is 1. The summed E-state index contributed by atoms with van der Waals surface area (Å²) in [4.78, 5) is 9.92. The van der Waals surface area contributed by atoms with E-state index in [1.165, 1.54) is 51.4 Å². The number of nitrogens with two attached hydrogens (primary N) is 1. The Hall–Kier alpha value is -0.570. The zero-order valence-electron chi connectivity index (χ0n) is 13.1. The van der Waals surface area contributed by atoms with Crippen LogP contribution in [-0.2, 0) is 4.79 Å². The molecule has 3 nitrogen and oxygen atoms in total. The Morgan fingerprint density at radius 2 is 1.21 bits per heavy atom. The lowest BCUT2D eigenvalue weighted by molar-refractivity contribution is -0.305. The number of carbonyl (C=O) groups is 1. The van der Waals surface area contributed by atoms with E-state index in [9.17, 15) is 9.90 Å². The van der Waals surface area contributed by atoms with Gasteiger partial charge in [0.15, 0.2) is 0 Å². The fourth-order valence-electron chi connectivity index (χ4n) is 1.80. The highest BCUT2D eigenvalue weighted by atomic mass is 16.4. The summed E-state index contributed by atoms with van der Waals surface area (Å²) in [5.74, 6) is -0.920. The van der Waals surface area contributed by atoms with E-state index in [2.05, 4.69) is 13.8 Å². The molecular formula is C16H34NO2-. The molecule has 0 unspecified atom stereocenters. The zero-order chi connectivity index (χ0) is 14.8. The second kappa shape index (κ2) is 19.8. The van der Waals surface area contributed by atoms with Crippen molar-refractivity contribution in [3.63, 3.8) is 0 Å². The molecule has 0 aromatic heterocycles. The lowest BCUT2D eigenvalue weighted by Gasteiger charge is -2.00. The molecule has 2 N–H and O–H groups in total. The van der Waals surface area contributed by atoms with Crippen LogP contribution in [0.15, 0.2) is 0 Å². The molecule has 0 aliphatic heterocycles. The fraction of sp³-hybridized carbons (Fsp3) is 0.938. The molecule has 0 saturated carbocycles. The van der Waals surface area contributed by atoms with Gasteiger partial charge in [-0.1, -0.05) is 71.6 Å². The molecule has 0 saturated heterocycles. The van der Waals surface area contributed by atoms with Crippen molar-refractivity contribution in [1.82, 2.24) is 0 Å². The van der Waals surface area contributed by atoms with Crippen molar-refractivity contribution in [3.8, 4) is 0 Å². The Morgan fingerprint density at radius 3 is 1.63 bits per heavy atom. The smallest absolute Gasteiger partial charge is 0.0414 e. The normalized spacial score (nSPS) is 9.84. The number of unbranched alkanes of at least 4 members (excludes halogenated alkanes) is 9. The first-order chi connectivity index (χ1) is 9.18. The van der Waals surface area contributed by atoms with Gasteiger partial charge in [0.25, 0.3) is 0 Å². The molecule has 116 valence electrons. The largest absolute Gasteiger partial charge is 0.550 e. The van der Waals surface area contributed by atoms with E-state index in [-0.39, 0.29) is 6.42 Å². The molecule has 0 radical (unpaired) electrons. The van der Waals surface area contributed by atoms with E-state index in [4.69, 9.17) is 5.73 Å². The topological polar surface area (TPSA) is 66.1 Å². The third-order valence-electron chi connectivity index (χ3n) is 3.04. The zero-order valence-corrected chi connectivity index (χ0v) is 13.1. The van der Waals surface area contributed by atoms with E-state index >= 15 is 0 Å². The van der Waals surface area contributed by atoms with Crippen molar-refractivity contribution in [2.45, 2.75) is 90.9 Å². The third-order valence-corrected chi connectivity index (χ3v) is 3.04. The minimum absolute atomic E-state index is 0.226. The first kappa shape index (κ1) is 20.7. The maximum Gasteiger partial charge on any atom is 0.0414 e. The summed E-state index contributed by atoms with van der Waals surface area (Å²) in [6, 6.07) is 0. The lowest BCUT2D eigenvalue weighted by atomic mass is 10.1.